The summed E-state index contributed by atoms with van der Waals surface area (Å²) in [4.78, 5) is 28.0. The zero-order chi connectivity index (χ0) is 15.9. The Morgan fingerprint density at radius 1 is 1.05 bits per heavy atom. The highest BCUT2D eigenvalue weighted by molar-refractivity contribution is 5.78. The second kappa shape index (κ2) is 7.82. The van der Waals surface area contributed by atoms with Gasteiger partial charge in [0.25, 0.3) is 0 Å². The maximum absolute atomic E-state index is 12.2. The first-order valence-electron chi connectivity index (χ1n) is 7.93. The zero-order valence-electron chi connectivity index (χ0n) is 13.4. The fraction of sp³-hybridized carbons (Fsp3) is 0.529. The molecule has 0 bridgehead atoms. The van der Waals surface area contributed by atoms with E-state index in [9.17, 15) is 9.59 Å². The van der Waals surface area contributed by atoms with E-state index in [4.69, 9.17) is 0 Å². The van der Waals surface area contributed by atoms with Gasteiger partial charge in [-0.1, -0.05) is 44.2 Å². The highest BCUT2D eigenvalue weighted by Gasteiger charge is 2.23. The Morgan fingerprint density at radius 2 is 1.68 bits per heavy atom. The van der Waals surface area contributed by atoms with Crippen molar-refractivity contribution >= 4 is 11.9 Å². The lowest BCUT2D eigenvalue weighted by atomic mass is 10.2. The van der Waals surface area contributed by atoms with Crippen molar-refractivity contribution in [1.29, 1.82) is 0 Å². The SMILES string of the molecule is CC(C)C(=O)N1CCCN(C(=O)NCc2ccccc2)CC1. The third-order valence-electron chi connectivity index (χ3n) is 3.88. The van der Waals surface area contributed by atoms with Crippen LogP contribution >= 0.6 is 0 Å². The second-order valence-electron chi connectivity index (χ2n) is 5.96. The van der Waals surface area contributed by atoms with Gasteiger partial charge in [-0.05, 0) is 12.0 Å². The number of rotatable bonds is 3. The molecule has 1 aromatic carbocycles. The number of hydrogen-bond donors (Lipinski definition) is 1. The highest BCUT2D eigenvalue weighted by atomic mass is 16.2. The standard InChI is InChI=1S/C17H25N3O2/c1-14(2)16(21)19-9-6-10-20(12-11-19)17(22)18-13-15-7-4-3-5-8-15/h3-5,7-8,14H,6,9-13H2,1-2H3,(H,18,22). The van der Waals surface area contributed by atoms with Crippen molar-refractivity contribution in [2.24, 2.45) is 5.92 Å². The molecule has 120 valence electrons. The second-order valence-corrected chi connectivity index (χ2v) is 5.96. The van der Waals surface area contributed by atoms with Gasteiger partial charge in [-0.15, -0.1) is 0 Å². The van der Waals surface area contributed by atoms with Gasteiger partial charge in [0.15, 0.2) is 0 Å². The third kappa shape index (κ3) is 4.48. The van der Waals surface area contributed by atoms with Crippen molar-refractivity contribution in [2.45, 2.75) is 26.8 Å². The number of carbonyl (C=O) groups is 2. The summed E-state index contributed by atoms with van der Waals surface area (Å²) >= 11 is 0. The van der Waals surface area contributed by atoms with Crippen LogP contribution in [-0.2, 0) is 11.3 Å². The summed E-state index contributed by atoms with van der Waals surface area (Å²) in [5, 5.41) is 2.95. The molecule has 0 aromatic heterocycles. The zero-order valence-corrected chi connectivity index (χ0v) is 13.4. The van der Waals surface area contributed by atoms with Crippen LogP contribution in [0, 0.1) is 5.92 Å². The van der Waals surface area contributed by atoms with Crippen molar-refractivity contribution in [1.82, 2.24) is 15.1 Å². The summed E-state index contributed by atoms with van der Waals surface area (Å²) in [7, 11) is 0. The summed E-state index contributed by atoms with van der Waals surface area (Å²) in [6.07, 6.45) is 0.831. The Hall–Kier alpha value is -2.04. The normalized spacial score (nSPS) is 15.6. The lowest BCUT2D eigenvalue weighted by Crippen LogP contribution is -2.42. The van der Waals surface area contributed by atoms with Crippen molar-refractivity contribution in [3.05, 3.63) is 35.9 Å². The molecule has 3 amide bonds. The molecule has 1 aliphatic heterocycles. The van der Waals surface area contributed by atoms with Crippen LogP contribution in [0.25, 0.3) is 0 Å². The molecule has 2 rings (SSSR count). The molecule has 1 aliphatic rings. The summed E-state index contributed by atoms with van der Waals surface area (Å²) in [5.74, 6) is 0.185. The van der Waals surface area contributed by atoms with Gasteiger partial charge in [0.05, 0.1) is 0 Å². The van der Waals surface area contributed by atoms with Gasteiger partial charge in [-0.2, -0.15) is 0 Å². The number of nitrogens with zero attached hydrogens (tertiary/aromatic N) is 2. The van der Waals surface area contributed by atoms with Gasteiger partial charge in [-0.3, -0.25) is 4.79 Å². The van der Waals surface area contributed by atoms with Crippen LogP contribution in [0.1, 0.15) is 25.8 Å². The summed E-state index contributed by atoms with van der Waals surface area (Å²) in [6, 6.07) is 9.81. The molecule has 0 saturated carbocycles. The average Bonchev–Trinajstić information content (AvgIpc) is 2.78. The van der Waals surface area contributed by atoms with Crippen molar-refractivity contribution < 1.29 is 9.59 Å². The molecular weight excluding hydrogens is 278 g/mol. The van der Waals surface area contributed by atoms with Crippen LogP contribution in [0.4, 0.5) is 4.79 Å². The van der Waals surface area contributed by atoms with Crippen molar-refractivity contribution in [3.63, 3.8) is 0 Å². The molecule has 1 heterocycles. The van der Waals surface area contributed by atoms with Crippen LogP contribution in [0.2, 0.25) is 0 Å². The maximum atomic E-state index is 12.2. The minimum Gasteiger partial charge on any atom is -0.341 e. The fourth-order valence-electron chi connectivity index (χ4n) is 2.59. The van der Waals surface area contributed by atoms with E-state index in [1.807, 2.05) is 49.1 Å². The van der Waals surface area contributed by atoms with E-state index in [2.05, 4.69) is 5.32 Å². The number of hydrogen-bond acceptors (Lipinski definition) is 2. The Bertz CT molecular complexity index is 502. The molecule has 1 fully saturated rings. The lowest BCUT2D eigenvalue weighted by Gasteiger charge is -2.23. The molecule has 1 saturated heterocycles. The molecule has 5 nitrogen and oxygen atoms in total. The van der Waals surface area contributed by atoms with Gasteiger partial charge in [0.1, 0.15) is 0 Å². The monoisotopic (exact) mass is 303 g/mol. The van der Waals surface area contributed by atoms with E-state index >= 15 is 0 Å². The van der Waals surface area contributed by atoms with Gasteiger partial charge in [0, 0.05) is 38.6 Å². The van der Waals surface area contributed by atoms with E-state index in [0.29, 0.717) is 26.2 Å². The lowest BCUT2D eigenvalue weighted by molar-refractivity contribution is -0.134. The minimum atomic E-state index is -0.0531. The summed E-state index contributed by atoms with van der Waals surface area (Å²) < 4.78 is 0. The van der Waals surface area contributed by atoms with E-state index in [0.717, 1.165) is 18.5 Å². The molecule has 0 radical (unpaired) electrons. The van der Waals surface area contributed by atoms with Gasteiger partial charge in [0.2, 0.25) is 5.91 Å². The van der Waals surface area contributed by atoms with E-state index < -0.39 is 0 Å². The van der Waals surface area contributed by atoms with Gasteiger partial charge >= 0.3 is 6.03 Å². The molecule has 0 spiro atoms. The van der Waals surface area contributed by atoms with Crippen LogP contribution in [0.3, 0.4) is 0 Å². The van der Waals surface area contributed by atoms with Gasteiger partial charge < -0.3 is 15.1 Å². The number of nitrogens with one attached hydrogen (secondary N) is 1. The van der Waals surface area contributed by atoms with Crippen LogP contribution in [0.15, 0.2) is 30.3 Å². The summed E-state index contributed by atoms with van der Waals surface area (Å²) in [6.45, 7) is 7.01. The average molecular weight is 303 g/mol. The quantitative estimate of drug-likeness (QED) is 0.929. The van der Waals surface area contributed by atoms with Crippen LogP contribution in [-0.4, -0.2) is 47.9 Å². The topological polar surface area (TPSA) is 52.7 Å². The number of amides is 3. The first kappa shape index (κ1) is 16.3. The smallest absolute Gasteiger partial charge is 0.317 e. The molecule has 22 heavy (non-hydrogen) atoms. The molecule has 1 aromatic rings. The first-order valence-corrected chi connectivity index (χ1v) is 7.93. The molecule has 0 atom stereocenters. The largest absolute Gasteiger partial charge is 0.341 e. The fourth-order valence-corrected chi connectivity index (χ4v) is 2.59. The Kier molecular flexibility index (Phi) is 5.81. The molecule has 5 heteroatoms. The minimum absolute atomic E-state index is 0.0125. The Morgan fingerprint density at radius 3 is 2.36 bits per heavy atom. The first-order chi connectivity index (χ1) is 10.6. The third-order valence-corrected chi connectivity index (χ3v) is 3.88. The molecule has 0 unspecified atom stereocenters. The van der Waals surface area contributed by atoms with Gasteiger partial charge in [-0.25, -0.2) is 4.79 Å². The number of carbonyl (C=O) groups excluding carboxylic acids is 2. The Labute approximate surface area is 132 Å². The number of urea groups is 1. The summed E-state index contributed by atoms with van der Waals surface area (Å²) in [5.41, 5.74) is 1.09. The Balaban J connectivity index is 1.83. The molecule has 1 N–H and O–H groups in total. The van der Waals surface area contributed by atoms with Crippen LogP contribution < -0.4 is 5.32 Å². The van der Waals surface area contributed by atoms with Crippen molar-refractivity contribution in [2.75, 3.05) is 26.2 Å². The van der Waals surface area contributed by atoms with E-state index in [1.165, 1.54) is 0 Å². The van der Waals surface area contributed by atoms with E-state index in [-0.39, 0.29) is 17.9 Å². The van der Waals surface area contributed by atoms with Crippen molar-refractivity contribution in [3.8, 4) is 0 Å². The van der Waals surface area contributed by atoms with E-state index in [1.54, 1.807) is 4.90 Å². The predicted molar refractivity (Wildman–Crippen MR) is 86.3 cm³/mol. The molecular formula is C17H25N3O2. The van der Waals surface area contributed by atoms with Crippen LogP contribution in [0.5, 0.6) is 0 Å². The highest BCUT2D eigenvalue weighted by Crippen LogP contribution is 2.08. The molecule has 0 aliphatic carbocycles. The predicted octanol–water partition coefficient (Wildman–Crippen LogP) is 2.09. The number of benzene rings is 1. The maximum Gasteiger partial charge on any atom is 0.317 e.